The minimum Gasteiger partial charge on any atom is -0.441 e. The number of amides is 1. The van der Waals surface area contributed by atoms with Crippen molar-refractivity contribution in [2.24, 2.45) is 0 Å². The molecule has 0 aliphatic rings. The SMILES string of the molecule is Cc1nc2ccc(CC(=O)NCCCc3ccccc3)cc2o1. The second kappa shape index (κ2) is 7.09. The van der Waals surface area contributed by atoms with Gasteiger partial charge in [-0.25, -0.2) is 4.98 Å². The van der Waals surface area contributed by atoms with E-state index in [0.29, 0.717) is 18.9 Å². The Hall–Kier alpha value is -2.62. The fourth-order valence-electron chi connectivity index (χ4n) is 2.61. The summed E-state index contributed by atoms with van der Waals surface area (Å²) >= 11 is 0. The summed E-state index contributed by atoms with van der Waals surface area (Å²) in [6.07, 6.45) is 2.28. The maximum absolute atomic E-state index is 12.0. The molecule has 0 saturated carbocycles. The molecule has 0 spiro atoms. The predicted octanol–water partition coefficient (Wildman–Crippen LogP) is 3.43. The summed E-state index contributed by atoms with van der Waals surface area (Å²) in [6.45, 7) is 2.51. The number of aromatic nitrogens is 1. The van der Waals surface area contributed by atoms with Gasteiger partial charge in [-0.1, -0.05) is 36.4 Å². The molecular formula is C19H20N2O2. The first kappa shape index (κ1) is 15.3. The number of hydrogen-bond donors (Lipinski definition) is 1. The van der Waals surface area contributed by atoms with Gasteiger partial charge in [0, 0.05) is 13.5 Å². The molecule has 1 heterocycles. The molecule has 0 unspecified atom stereocenters. The summed E-state index contributed by atoms with van der Waals surface area (Å²) in [5.74, 6) is 0.677. The van der Waals surface area contributed by atoms with Gasteiger partial charge in [0.2, 0.25) is 5.91 Å². The lowest BCUT2D eigenvalue weighted by molar-refractivity contribution is -0.120. The highest BCUT2D eigenvalue weighted by molar-refractivity contribution is 5.81. The van der Waals surface area contributed by atoms with Crippen molar-refractivity contribution in [1.82, 2.24) is 10.3 Å². The molecule has 23 heavy (non-hydrogen) atoms. The molecule has 3 rings (SSSR count). The van der Waals surface area contributed by atoms with E-state index in [0.717, 1.165) is 29.5 Å². The van der Waals surface area contributed by atoms with Crippen molar-refractivity contribution in [3.8, 4) is 0 Å². The number of hydrogen-bond acceptors (Lipinski definition) is 3. The zero-order valence-electron chi connectivity index (χ0n) is 13.2. The summed E-state index contributed by atoms with van der Waals surface area (Å²) in [4.78, 5) is 16.3. The first-order chi connectivity index (χ1) is 11.2. The van der Waals surface area contributed by atoms with E-state index in [-0.39, 0.29) is 5.91 Å². The van der Waals surface area contributed by atoms with Crippen molar-refractivity contribution in [2.45, 2.75) is 26.2 Å². The molecule has 4 nitrogen and oxygen atoms in total. The van der Waals surface area contributed by atoms with Crippen molar-refractivity contribution >= 4 is 17.0 Å². The molecule has 1 aromatic heterocycles. The summed E-state index contributed by atoms with van der Waals surface area (Å²) in [6, 6.07) is 16.0. The lowest BCUT2D eigenvalue weighted by Gasteiger charge is -2.05. The largest absolute Gasteiger partial charge is 0.441 e. The van der Waals surface area contributed by atoms with E-state index in [9.17, 15) is 4.79 Å². The molecular weight excluding hydrogens is 288 g/mol. The minimum atomic E-state index is 0.0358. The molecule has 0 bridgehead atoms. The smallest absolute Gasteiger partial charge is 0.224 e. The van der Waals surface area contributed by atoms with Gasteiger partial charge >= 0.3 is 0 Å². The van der Waals surface area contributed by atoms with Gasteiger partial charge < -0.3 is 9.73 Å². The fraction of sp³-hybridized carbons (Fsp3) is 0.263. The Morgan fingerprint density at radius 3 is 2.78 bits per heavy atom. The Labute approximate surface area is 135 Å². The maximum Gasteiger partial charge on any atom is 0.224 e. The number of benzene rings is 2. The number of aryl methyl sites for hydroxylation is 2. The van der Waals surface area contributed by atoms with Crippen LogP contribution < -0.4 is 5.32 Å². The van der Waals surface area contributed by atoms with Crippen molar-refractivity contribution in [3.63, 3.8) is 0 Å². The average Bonchev–Trinajstić information content (AvgIpc) is 2.92. The molecule has 3 aromatic rings. The predicted molar refractivity (Wildman–Crippen MR) is 90.2 cm³/mol. The van der Waals surface area contributed by atoms with E-state index in [1.54, 1.807) is 0 Å². The molecule has 1 N–H and O–H groups in total. The van der Waals surface area contributed by atoms with Gasteiger partial charge in [0.25, 0.3) is 0 Å². The van der Waals surface area contributed by atoms with Crippen LogP contribution in [0.4, 0.5) is 0 Å². The Balaban J connectivity index is 1.46. The van der Waals surface area contributed by atoms with Crippen LogP contribution in [0, 0.1) is 6.92 Å². The highest BCUT2D eigenvalue weighted by Gasteiger charge is 2.07. The normalized spacial score (nSPS) is 10.8. The fourth-order valence-corrected chi connectivity index (χ4v) is 2.61. The monoisotopic (exact) mass is 308 g/mol. The molecule has 118 valence electrons. The highest BCUT2D eigenvalue weighted by Crippen LogP contribution is 2.17. The van der Waals surface area contributed by atoms with Crippen LogP contribution in [-0.2, 0) is 17.6 Å². The summed E-state index contributed by atoms with van der Waals surface area (Å²) < 4.78 is 5.49. The van der Waals surface area contributed by atoms with Gasteiger partial charge in [-0.15, -0.1) is 0 Å². The van der Waals surface area contributed by atoms with E-state index in [1.165, 1.54) is 5.56 Å². The molecule has 0 fully saturated rings. The van der Waals surface area contributed by atoms with E-state index < -0.39 is 0 Å². The van der Waals surface area contributed by atoms with Crippen LogP contribution in [0.25, 0.3) is 11.1 Å². The topological polar surface area (TPSA) is 55.1 Å². The van der Waals surface area contributed by atoms with Gasteiger partial charge in [-0.3, -0.25) is 4.79 Å². The van der Waals surface area contributed by atoms with E-state index >= 15 is 0 Å². The summed E-state index contributed by atoms with van der Waals surface area (Å²) in [5, 5.41) is 2.97. The van der Waals surface area contributed by atoms with Crippen molar-refractivity contribution < 1.29 is 9.21 Å². The van der Waals surface area contributed by atoms with E-state index in [1.807, 2.05) is 43.3 Å². The van der Waals surface area contributed by atoms with Gasteiger partial charge in [0.1, 0.15) is 5.52 Å². The van der Waals surface area contributed by atoms with E-state index in [2.05, 4.69) is 22.4 Å². The van der Waals surface area contributed by atoms with Crippen molar-refractivity contribution in [3.05, 3.63) is 65.5 Å². The minimum absolute atomic E-state index is 0.0358. The van der Waals surface area contributed by atoms with Crippen LogP contribution in [0.1, 0.15) is 23.4 Å². The quantitative estimate of drug-likeness (QED) is 0.710. The number of carbonyl (C=O) groups excluding carboxylic acids is 1. The molecule has 0 atom stereocenters. The standard InChI is InChI=1S/C19H20N2O2/c1-14-21-17-10-9-16(12-18(17)23-14)13-19(22)20-11-5-8-15-6-3-2-4-7-15/h2-4,6-7,9-10,12H,5,8,11,13H2,1H3,(H,20,22). The average molecular weight is 308 g/mol. The zero-order valence-corrected chi connectivity index (χ0v) is 13.2. The van der Waals surface area contributed by atoms with Gasteiger partial charge in [-0.2, -0.15) is 0 Å². The van der Waals surface area contributed by atoms with Crippen LogP contribution in [0.2, 0.25) is 0 Å². The molecule has 0 aliphatic carbocycles. The Morgan fingerprint density at radius 2 is 1.96 bits per heavy atom. The van der Waals surface area contributed by atoms with Crippen LogP contribution in [0.5, 0.6) is 0 Å². The maximum atomic E-state index is 12.0. The highest BCUT2D eigenvalue weighted by atomic mass is 16.3. The first-order valence-corrected chi connectivity index (χ1v) is 7.87. The number of carbonyl (C=O) groups is 1. The van der Waals surface area contributed by atoms with Crippen LogP contribution in [-0.4, -0.2) is 17.4 Å². The lowest BCUT2D eigenvalue weighted by Crippen LogP contribution is -2.26. The second-order valence-electron chi connectivity index (χ2n) is 5.65. The van der Waals surface area contributed by atoms with Crippen LogP contribution in [0.3, 0.4) is 0 Å². The molecule has 4 heteroatoms. The lowest BCUT2D eigenvalue weighted by atomic mass is 10.1. The Kier molecular flexibility index (Phi) is 4.71. The van der Waals surface area contributed by atoms with Crippen molar-refractivity contribution in [2.75, 3.05) is 6.54 Å². The number of nitrogens with one attached hydrogen (secondary N) is 1. The van der Waals surface area contributed by atoms with Crippen LogP contribution in [0.15, 0.2) is 52.9 Å². The first-order valence-electron chi connectivity index (χ1n) is 7.87. The molecule has 0 radical (unpaired) electrons. The summed E-state index contributed by atoms with van der Waals surface area (Å²) in [7, 11) is 0. The molecule has 1 amide bonds. The van der Waals surface area contributed by atoms with Gasteiger partial charge in [0.15, 0.2) is 11.5 Å². The third-order valence-corrected chi connectivity index (χ3v) is 3.73. The Bertz CT molecular complexity index is 793. The molecule has 2 aromatic carbocycles. The van der Waals surface area contributed by atoms with Crippen LogP contribution >= 0.6 is 0 Å². The van der Waals surface area contributed by atoms with Gasteiger partial charge in [-0.05, 0) is 36.1 Å². The van der Waals surface area contributed by atoms with Crippen molar-refractivity contribution in [1.29, 1.82) is 0 Å². The third-order valence-electron chi connectivity index (χ3n) is 3.73. The molecule has 0 aliphatic heterocycles. The van der Waals surface area contributed by atoms with E-state index in [4.69, 9.17) is 4.42 Å². The zero-order chi connectivity index (χ0) is 16.1. The number of nitrogens with zero attached hydrogens (tertiary/aromatic N) is 1. The second-order valence-corrected chi connectivity index (χ2v) is 5.65. The third kappa shape index (κ3) is 4.19. The summed E-state index contributed by atoms with van der Waals surface area (Å²) in [5.41, 5.74) is 3.80. The molecule has 0 saturated heterocycles. The van der Waals surface area contributed by atoms with Gasteiger partial charge in [0.05, 0.1) is 6.42 Å². The number of fused-ring (bicyclic) bond motifs is 1. The number of rotatable bonds is 6. The Morgan fingerprint density at radius 1 is 1.13 bits per heavy atom. The number of oxazole rings is 1.